The SMILES string of the molecule is CC(C)(C)C(=O)C=C(O)C(C)(C)C.CC(C)(C)c1ccc(-c2cc(-c3ccc(C(C)(C)C)cc3)cc(-c3cc[c-]c(-c4ccccn4)c3)c2)cc1.CC(C)(C)c1ccc(-c2cc(-c3ccc(C(C)(C)C)cc3)cc(-c3cc[c-]c(-c4nccc5ccccc45)c3)c2)cc1.[Ir].[Ir].[Ir].[c-]1ccccc1-c1nccc2ccccc12. The van der Waals surface area contributed by atoms with Gasteiger partial charge in [-0.1, -0.05) is 282 Å². The van der Waals surface area contributed by atoms with Crippen molar-refractivity contribution in [3.8, 4) is 101 Å². The number of pyridine rings is 3. The Bertz CT molecular complexity index is 5310. The Hall–Kier alpha value is -9.45. The third-order valence-corrected chi connectivity index (χ3v) is 19.8. The number of carbonyl (C=O) groups excluding carboxylic acids is 1. The first kappa shape index (κ1) is 88.1. The molecule has 0 spiro atoms. The fraction of sp³-hybridized carbons (Fsp3) is 0.231. The summed E-state index contributed by atoms with van der Waals surface area (Å²) in [6, 6.07) is 108. The van der Waals surface area contributed by atoms with Crippen molar-refractivity contribution in [3.63, 3.8) is 0 Å². The number of aliphatic hydroxyl groups is 1. The number of benzene rings is 11. The number of aromatic nitrogens is 3. The van der Waals surface area contributed by atoms with Gasteiger partial charge in [-0.3, -0.25) is 4.79 Å². The molecule has 3 aromatic heterocycles. The number of ketones is 1. The number of nitrogens with zero attached hydrogens (tertiary/aromatic N) is 3. The molecule has 5 nitrogen and oxygen atoms in total. The Kier molecular flexibility index (Phi) is 29.5. The number of allylic oxidation sites excluding steroid dienone is 2. The van der Waals surface area contributed by atoms with Crippen LogP contribution in [0.5, 0.6) is 0 Å². The van der Waals surface area contributed by atoms with Crippen LogP contribution in [0.1, 0.15) is 147 Å². The van der Waals surface area contributed by atoms with Crippen LogP contribution in [0.25, 0.3) is 122 Å². The first-order valence-electron chi connectivity index (χ1n) is 37.9. The average molecular weight is 2000 g/mol. The van der Waals surface area contributed by atoms with Crippen LogP contribution in [-0.2, 0) is 86.8 Å². The fourth-order valence-corrected chi connectivity index (χ4v) is 12.8. The molecule has 3 radical (unpaired) electrons. The van der Waals surface area contributed by atoms with Crippen molar-refractivity contribution in [1.29, 1.82) is 0 Å². The first-order valence-corrected chi connectivity index (χ1v) is 37.9. The van der Waals surface area contributed by atoms with Gasteiger partial charge in [-0.2, -0.15) is 0 Å². The Labute approximate surface area is 708 Å². The van der Waals surface area contributed by atoms with E-state index < -0.39 is 5.41 Å². The molecule has 11 aromatic carbocycles. The quantitative estimate of drug-likeness (QED) is 0.0839. The van der Waals surface area contributed by atoms with Gasteiger partial charge in [-0.25, -0.2) is 0 Å². The van der Waals surface area contributed by atoms with Gasteiger partial charge in [0.15, 0.2) is 5.78 Å². The Morgan fingerprint density at radius 1 is 0.295 bits per heavy atom. The van der Waals surface area contributed by atoms with Crippen LogP contribution in [0.4, 0.5) is 0 Å². The van der Waals surface area contributed by atoms with Crippen molar-refractivity contribution in [2.45, 2.75) is 146 Å². The van der Waals surface area contributed by atoms with E-state index in [2.05, 4.69) is 311 Å². The molecule has 1 N–H and O–H groups in total. The molecular weight excluding hydrogens is 1900 g/mol. The average Bonchev–Trinajstić information content (AvgIpc) is 0.795. The maximum absolute atomic E-state index is 11.5. The van der Waals surface area contributed by atoms with E-state index in [4.69, 9.17) is 4.98 Å². The van der Waals surface area contributed by atoms with E-state index in [9.17, 15) is 9.90 Å². The van der Waals surface area contributed by atoms with Gasteiger partial charge in [0.25, 0.3) is 0 Å². The van der Waals surface area contributed by atoms with Gasteiger partial charge in [0.05, 0.1) is 0 Å². The predicted octanol–water partition coefficient (Wildman–Crippen LogP) is 28.2. The largest absolute Gasteiger partial charge is 0.512 e. The van der Waals surface area contributed by atoms with E-state index in [-0.39, 0.29) is 98.9 Å². The summed E-state index contributed by atoms with van der Waals surface area (Å²) < 4.78 is 0. The molecule has 0 aliphatic carbocycles. The van der Waals surface area contributed by atoms with Crippen LogP contribution >= 0.6 is 0 Å². The Balaban J connectivity index is 0.000000205. The summed E-state index contributed by atoms with van der Waals surface area (Å²) in [5.74, 6) is 0.104. The smallest absolute Gasteiger partial charge is 0.164 e. The van der Waals surface area contributed by atoms with Gasteiger partial charge < -0.3 is 20.1 Å². The van der Waals surface area contributed by atoms with E-state index >= 15 is 0 Å². The fourth-order valence-electron chi connectivity index (χ4n) is 12.8. The van der Waals surface area contributed by atoms with E-state index in [0.717, 1.165) is 50.3 Å². The minimum absolute atomic E-state index is 0. The molecule has 0 saturated carbocycles. The molecule has 0 aliphatic heterocycles. The zero-order valence-electron chi connectivity index (χ0n) is 68.0. The molecule has 0 bridgehead atoms. The van der Waals surface area contributed by atoms with Gasteiger partial charge in [-0.15, -0.1) is 107 Å². The van der Waals surface area contributed by atoms with E-state index in [1.165, 1.54) is 100 Å². The zero-order valence-corrected chi connectivity index (χ0v) is 75.2. The molecule has 0 unspecified atom stereocenters. The maximum atomic E-state index is 11.5. The summed E-state index contributed by atoms with van der Waals surface area (Å²) in [5, 5.41) is 14.3. The van der Waals surface area contributed by atoms with E-state index in [1.54, 1.807) is 0 Å². The first-order chi connectivity index (χ1) is 51.6. The topological polar surface area (TPSA) is 76.0 Å². The van der Waals surface area contributed by atoms with Gasteiger partial charge in [0, 0.05) is 95.8 Å². The zero-order chi connectivity index (χ0) is 78.1. The number of aliphatic hydroxyl groups excluding tert-OH is 1. The van der Waals surface area contributed by atoms with Crippen LogP contribution < -0.4 is 0 Å². The van der Waals surface area contributed by atoms with Gasteiger partial charge in [-0.05, 0) is 193 Å². The second-order valence-corrected chi connectivity index (χ2v) is 34.5. The van der Waals surface area contributed by atoms with Crippen LogP contribution in [0, 0.1) is 29.0 Å². The van der Waals surface area contributed by atoms with Crippen molar-refractivity contribution in [2.75, 3.05) is 0 Å². The van der Waals surface area contributed by atoms with Gasteiger partial charge in [0.1, 0.15) is 5.76 Å². The van der Waals surface area contributed by atoms with Crippen LogP contribution in [-0.4, -0.2) is 25.8 Å². The van der Waals surface area contributed by atoms with Crippen LogP contribution in [0.2, 0.25) is 0 Å². The molecular formula is C104H104Ir3N3O2-3. The number of carbonyl (C=O) groups is 1. The van der Waals surface area contributed by atoms with Crippen LogP contribution in [0.15, 0.2) is 303 Å². The molecule has 3 heterocycles. The summed E-state index contributed by atoms with van der Waals surface area (Å²) in [6.07, 6.45) is 6.90. The van der Waals surface area contributed by atoms with Crippen molar-refractivity contribution in [1.82, 2.24) is 15.0 Å². The molecule has 112 heavy (non-hydrogen) atoms. The molecule has 8 heteroatoms. The Morgan fingerprint density at radius 2 is 0.625 bits per heavy atom. The van der Waals surface area contributed by atoms with Gasteiger partial charge in [0.2, 0.25) is 0 Å². The normalized spacial score (nSPS) is 11.8. The van der Waals surface area contributed by atoms with Crippen molar-refractivity contribution in [3.05, 3.63) is 344 Å². The van der Waals surface area contributed by atoms with Crippen LogP contribution in [0.3, 0.4) is 0 Å². The second kappa shape index (κ2) is 37.5. The summed E-state index contributed by atoms with van der Waals surface area (Å²) >= 11 is 0. The monoisotopic (exact) mass is 2010 g/mol. The van der Waals surface area contributed by atoms with Crippen molar-refractivity contribution >= 4 is 27.3 Å². The predicted molar refractivity (Wildman–Crippen MR) is 463 cm³/mol. The number of hydrogen-bond acceptors (Lipinski definition) is 5. The molecule has 577 valence electrons. The van der Waals surface area contributed by atoms with E-state index in [0.29, 0.717) is 0 Å². The molecule has 14 aromatic rings. The molecule has 0 aliphatic rings. The van der Waals surface area contributed by atoms with Crippen molar-refractivity contribution < 1.29 is 70.2 Å². The van der Waals surface area contributed by atoms with Gasteiger partial charge >= 0.3 is 0 Å². The maximum Gasteiger partial charge on any atom is 0.164 e. The third kappa shape index (κ3) is 22.9. The number of rotatable bonds is 10. The number of hydrogen-bond donors (Lipinski definition) is 1. The van der Waals surface area contributed by atoms with Crippen molar-refractivity contribution in [2.24, 2.45) is 10.8 Å². The second-order valence-electron chi connectivity index (χ2n) is 34.5. The van der Waals surface area contributed by atoms with E-state index in [1.807, 2.05) is 133 Å². The standard InChI is InChI=1S/C41H38N.C37H36N.C15H10N.C11H20O2.3Ir/c1-40(2,3)36-18-14-28(15-19-36)33-25-34(29-16-20-37(21-17-29)41(4,5)6)27-35(26-33)31-11-9-12-32(24-31)39-38-13-8-7-10-30(38)22-23-42-39;1-36(2,3)33-17-13-26(14-18-33)30-23-31(27-15-19-34(20-16-27)37(4,5)6)25-32(24-30)28-10-9-11-29(22-28)35-12-7-8-21-38-35;1-2-7-13(8-3-1)15-14-9-5-4-6-12(14)10-11-16-15;1-10(2,3)8(12)7-9(13)11(4,5)6;;;/h7-11,13-27H,1-6H3;7-10,12-25H,1-6H3;1-7,9-11H;7,12H,1-6H3;;;/q3*-1;;;;. The summed E-state index contributed by atoms with van der Waals surface area (Å²) in [4.78, 5) is 25.2. The third-order valence-electron chi connectivity index (χ3n) is 19.8. The molecule has 14 rings (SSSR count). The molecule has 0 saturated heterocycles. The summed E-state index contributed by atoms with van der Waals surface area (Å²) in [6.45, 7) is 38.2. The number of fused-ring (bicyclic) bond motifs is 2. The Morgan fingerprint density at radius 3 is 0.964 bits per heavy atom. The minimum Gasteiger partial charge on any atom is -0.512 e. The molecule has 0 atom stereocenters. The molecule has 0 amide bonds. The minimum atomic E-state index is -0.417. The summed E-state index contributed by atoms with van der Waals surface area (Å²) in [7, 11) is 0. The summed E-state index contributed by atoms with van der Waals surface area (Å²) in [5.41, 5.74) is 25.4. The molecule has 0 fully saturated rings.